The van der Waals surface area contributed by atoms with Crippen LogP contribution in [0.15, 0.2) is 30.3 Å². The zero-order valence-electron chi connectivity index (χ0n) is 10.4. The highest BCUT2D eigenvalue weighted by Gasteiger charge is 2.23. The molecule has 0 saturated carbocycles. The molecule has 1 amide bonds. The van der Waals surface area contributed by atoms with E-state index >= 15 is 0 Å². The van der Waals surface area contributed by atoms with Crippen LogP contribution in [0.4, 0.5) is 0 Å². The summed E-state index contributed by atoms with van der Waals surface area (Å²) in [6.07, 6.45) is 2.86. The molecule has 1 aromatic rings. The molecule has 1 aliphatic rings. The first-order chi connectivity index (χ1) is 8.79. The number of hydrogen-bond donors (Lipinski definition) is 3. The highest BCUT2D eigenvalue weighted by molar-refractivity contribution is 7.80. The van der Waals surface area contributed by atoms with Gasteiger partial charge in [-0.25, -0.2) is 0 Å². The van der Waals surface area contributed by atoms with E-state index in [4.69, 9.17) is 0 Å². The van der Waals surface area contributed by atoms with Crippen LogP contribution in [0.2, 0.25) is 0 Å². The Balaban J connectivity index is 1.87. The molecule has 0 aliphatic carbocycles. The van der Waals surface area contributed by atoms with E-state index in [0.29, 0.717) is 5.75 Å². The third-order valence-corrected chi connectivity index (χ3v) is 3.71. The summed E-state index contributed by atoms with van der Waals surface area (Å²) in [4.78, 5) is 12.0. The Morgan fingerprint density at radius 2 is 2.22 bits per heavy atom. The van der Waals surface area contributed by atoms with Gasteiger partial charge >= 0.3 is 0 Å². The lowest BCUT2D eigenvalue weighted by Gasteiger charge is -2.19. The summed E-state index contributed by atoms with van der Waals surface area (Å²) in [5.74, 6) is 0.773. The van der Waals surface area contributed by atoms with Gasteiger partial charge in [0, 0.05) is 11.8 Å². The minimum absolute atomic E-state index is 0.0110. The van der Waals surface area contributed by atoms with Crippen LogP contribution in [0.25, 0.3) is 0 Å². The number of nitrogens with one attached hydrogen (secondary N) is 2. The van der Waals surface area contributed by atoms with Crippen molar-refractivity contribution in [1.29, 1.82) is 0 Å². The quantitative estimate of drug-likeness (QED) is 0.704. The van der Waals surface area contributed by atoms with Gasteiger partial charge in [0.25, 0.3) is 0 Å². The van der Waals surface area contributed by atoms with Crippen LogP contribution < -0.4 is 10.6 Å². The van der Waals surface area contributed by atoms with Crippen molar-refractivity contribution in [3.63, 3.8) is 0 Å². The summed E-state index contributed by atoms with van der Waals surface area (Å²) >= 11 is 4.33. The van der Waals surface area contributed by atoms with Crippen molar-refractivity contribution in [2.24, 2.45) is 0 Å². The summed E-state index contributed by atoms with van der Waals surface area (Å²) in [6.45, 7) is 0.947. The van der Waals surface area contributed by atoms with Crippen LogP contribution in [-0.4, -0.2) is 30.3 Å². The zero-order valence-corrected chi connectivity index (χ0v) is 11.3. The third-order valence-electron chi connectivity index (χ3n) is 3.27. The Hall–Kier alpha value is -1.00. The lowest BCUT2D eigenvalue weighted by molar-refractivity contribution is -0.123. The van der Waals surface area contributed by atoms with Gasteiger partial charge in [0.2, 0.25) is 5.91 Å². The van der Waals surface area contributed by atoms with Crippen LogP contribution >= 0.6 is 12.6 Å². The number of carbonyl (C=O) groups is 1. The topological polar surface area (TPSA) is 41.1 Å². The number of benzene rings is 1. The maximum Gasteiger partial charge on any atom is 0.237 e. The van der Waals surface area contributed by atoms with Crippen molar-refractivity contribution in [1.82, 2.24) is 10.6 Å². The first-order valence-electron chi connectivity index (χ1n) is 6.48. The van der Waals surface area contributed by atoms with E-state index in [0.717, 1.165) is 25.8 Å². The van der Waals surface area contributed by atoms with Gasteiger partial charge < -0.3 is 10.6 Å². The molecule has 0 unspecified atom stereocenters. The van der Waals surface area contributed by atoms with E-state index < -0.39 is 0 Å². The van der Waals surface area contributed by atoms with Crippen molar-refractivity contribution in [2.75, 3.05) is 12.3 Å². The fourth-order valence-corrected chi connectivity index (χ4v) is 2.49. The lowest BCUT2D eigenvalue weighted by Crippen LogP contribution is -2.46. The molecule has 1 aliphatic heterocycles. The van der Waals surface area contributed by atoms with Crippen LogP contribution in [-0.2, 0) is 11.2 Å². The SMILES string of the molecule is O=C(N[C@@H](CS)Cc1ccccc1)[C@@H]1CCCN1. The molecule has 1 fully saturated rings. The molecule has 0 aromatic heterocycles. The Morgan fingerprint density at radius 3 is 2.83 bits per heavy atom. The van der Waals surface area contributed by atoms with Crippen molar-refractivity contribution in [2.45, 2.75) is 31.3 Å². The molecule has 98 valence electrons. The molecular formula is C14H20N2OS. The molecular weight excluding hydrogens is 244 g/mol. The number of hydrogen-bond acceptors (Lipinski definition) is 3. The number of carbonyl (C=O) groups excluding carboxylic acids is 1. The first-order valence-corrected chi connectivity index (χ1v) is 7.11. The minimum Gasteiger partial charge on any atom is -0.351 e. The van der Waals surface area contributed by atoms with Crippen molar-refractivity contribution >= 4 is 18.5 Å². The molecule has 2 atom stereocenters. The normalized spacial score (nSPS) is 20.6. The molecule has 1 heterocycles. The van der Waals surface area contributed by atoms with E-state index in [1.165, 1.54) is 5.56 Å². The largest absolute Gasteiger partial charge is 0.351 e. The summed E-state index contributed by atoms with van der Waals surface area (Å²) in [5, 5.41) is 6.29. The molecule has 3 nitrogen and oxygen atoms in total. The zero-order chi connectivity index (χ0) is 12.8. The predicted molar refractivity (Wildman–Crippen MR) is 77.0 cm³/mol. The van der Waals surface area contributed by atoms with Gasteiger partial charge in [0.05, 0.1) is 6.04 Å². The predicted octanol–water partition coefficient (Wildman–Crippen LogP) is 1.40. The molecule has 1 aromatic carbocycles. The fraction of sp³-hybridized carbons (Fsp3) is 0.500. The molecule has 1 saturated heterocycles. The van der Waals surface area contributed by atoms with Crippen LogP contribution in [0.1, 0.15) is 18.4 Å². The van der Waals surface area contributed by atoms with Crippen molar-refractivity contribution < 1.29 is 4.79 Å². The van der Waals surface area contributed by atoms with Gasteiger partial charge in [-0.05, 0) is 31.4 Å². The number of rotatable bonds is 5. The minimum atomic E-state index is -0.0110. The highest BCUT2D eigenvalue weighted by atomic mass is 32.1. The smallest absolute Gasteiger partial charge is 0.237 e. The Bertz CT molecular complexity index is 377. The molecule has 2 rings (SSSR count). The number of thiol groups is 1. The van der Waals surface area contributed by atoms with E-state index in [1.807, 2.05) is 18.2 Å². The van der Waals surface area contributed by atoms with Gasteiger partial charge in [-0.2, -0.15) is 12.6 Å². The van der Waals surface area contributed by atoms with Gasteiger partial charge in [0.1, 0.15) is 0 Å². The van der Waals surface area contributed by atoms with Crippen molar-refractivity contribution in [3.8, 4) is 0 Å². The van der Waals surface area contributed by atoms with Gasteiger partial charge in [0.15, 0.2) is 0 Å². The highest BCUT2D eigenvalue weighted by Crippen LogP contribution is 2.08. The number of amides is 1. The Kier molecular flexibility index (Phi) is 5.08. The Labute approximate surface area is 114 Å². The average molecular weight is 264 g/mol. The molecule has 0 spiro atoms. The van der Waals surface area contributed by atoms with Crippen LogP contribution in [0.5, 0.6) is 0 Å². The molecule has 2 N–H and O–H groups in total. The van der Waals surface area contributed by atoms with Crippen LogP contribution in [0, 0.1) is 0 Å². The van der Waals surface area contributed by atoms with Gasteiger partial charge in [-0.3, -0.25) is 4.79 Å². The molecule has 0 bridgehead atoms. The standard InChI is InChI=1S/C14H20N2OS/c17-14(13-7-4-8-15-13)16-12(10-18)9-11-5-2-1-3-6-11/h1-3,5-6,12-13,15,18H,4,7-10H2,(H,16,17)/t12-,13+/m1/s1. The molecule has 18 heavy (non-hydrogen) atoms. The summed E-state index contributed by atoms with van der Waals surface area (Å²) < 4.78 is 0. The molecule has 0 radical (unpaired) electrons. The second-order valence-electron chi connectivity index (χ2n) is 4.73. The molecule has 4 heteroatoms. The van der Waals surface area contributed by atoms with E-state index in [1.54, 1.807) is 0 Å². The summed E-state index contributed by atoms with van der Waals surface area (Å²) in [6, 6.07) is 10.3. The second-order valence-corrected chi connectivity index (χ2v) is 5.09. The van der Waals surface area contributed by atoms with Crippen LogP contribution in [0.3, 0.4) is 0 Å². The van der Waals surface area contributed by atoms with E-state index in [9.17, 15) is 4.79 Å². The third kappa shape index (κ3) is 3.75. The Morgan fingerprint density at radius 1 is 1.44 bits per heavy atom. The second kappa shape index (κ2) is 6.81. The van der Waals surface area contributed by atoms with Gasteiger partial charge in [-0.1, -0.05) is 30.3 Å². The van der Waals surface area contributed by atoms with Gasteiger partial charge in [-0.15, -0.1) is 0 Å². The maximum atomic E-state index is 12.0. The maximum absolute atomic E-state index is 12.0. The van der Waals surface area contributed by atoms with E-state index in [2.05, 4.69) is 35.4 Å². The summed E-state index contributed by atoms with van der Waals surface area (Å²) in [7, 11) is 0. The average Bonchev–Trinajstić information content (AvgIpc) is 2.93. The van der Waals surface area contributed by atoms with E-state index in [-0.39, 0.29) is 18.0 Å². The fourth-order valence-electron chi connectivity index (χ4n) is 2.27. The monoisotopic (exact) mass is 264 g/mol. The first kappa shape index (κ1) is 13.4. The lowest BCUT2D eigenvalue weighted by atomic mass is 10.1. The summed E-state index contributed by atoms with van der Waals surface area (Å²) in [5.41, 5.74) is 1.23. The van der Waals surface area contributed by atoms with Crippen molar-refractivity contribution in [3.05, 3.63) is 35.9 Å².